The van der Waals surface area contributed by atoms with E-state index in [1.54, 1.807) is 34.1 Å². The summed E-state index contributed by atoms with van der Waals surface area (Å²) in [5.74, 6) is -0.0627. The minimum absolute atomic E-state index is 0.0293. The molecule has 0 aliphatic carbocycles. The van der Waals surface area contributed by atoms with Crippen molar-refractivity contribution in [2.45, 2.75) is 37.6 Å². The summed E-state index contributed by atoms with van der Waals surface area (Å²) in [6, 6.07) is 12.2. The van der Waals surface area contributed by atoms with E-state index in [4.69, 9.17) is 0 Å². The van der Waals surface area contributed by atoms with Gasteiger partial charge in [0.25, 0.3) is 0 Å². The molecule has 1 saturated heterocycles. The average Bonchev–Trinajstić information content (AvgIpc) is 3.26. The molecule has 1 atom stereocenters. The van der Waals surface area contributed by atoms with E-state index in [2.05, 4.69) is 0 Å². The van der Waals surface area contributed by atoms with E-state index < -0.39 is 9.84 Å². The Labute approximate surface area is 183 Å². The monoisotopic (exact) mass is 441 g/mol. The number of fused-ring (bicyclic) bond motifs is 1. The van der Waals surface area contributed by atoms with E-state index in [0.717, 1.165) is 42.7 Å². The highest BCUT2D eigenvalue weighted by atomic mass is 32.2. The molecule has 0 unspecified atom stereocenters. The number of urea groups is 1. The summed E-state index contributed by atoms with van der Waals surface area (Å²) in [5, 5.41) is 0. The molecule has 8 heteroatoms. The van der Waals surface area contributed by atoms with Gasteiger partial charge in [0.05, 0.1) is 22.3 Å². The molecule has 2 aromatic carbocycles. The molecule has 0 spiro atoms. The van der Waals surface area contributed by atoms with Crippen LogP contribution >= 0.6 is 0 Å². The third-order valence-corrected chi connectivity index (χ3v) is 7.10. The summed E-state index contributed by atoms with van der Waals surface area (Å²) in [7, 11) is -3.27. The van der Waals surface area contributed by atoms with Gasteiger partial charge in [-0.3, -0.25) is 9.69 Å². The number of carbonyl (C=O) groups excluding carboxylic acids is 2. The molecule has 4 rings (SSSR count). The first-order chi connectivity index (χ1) is 14.7. The number of hydrogen-bond donors (Lipinski definition) is 0. The van der Waals surface area contributed by atoms with Crippen molar-refractivity contribution in [3.05, 3.63) is 42.5 Å². The van der Waals surface area contributed by atoms with Gasteiger partial charge in [0, 0.05) is 32.8 Å². The number of carbonyl (C=O) groups is 2. The Morgan fingerprint density at radius 3 is 2.13 bits per heavy atom. The number of likely N-dealkylation sites (tertiary alicyclic amines) is 1. The normalized spacial score (nSPS) is 18.8. The van der Waals surface area contributed by atoms with Crippen LogP contribution in [0.25, 0.3) is 11.1 Å². The van der Waals surface area contributed by atoms with Crippen LogP contribution in [0, 0.1) is 0 Å². The zero-order chi connectivity index (χ0) is 22.3. The van der Waals surface area contributed by atoms with Crippen molar-refractivity contribution in [2.75, 3.05) is 35.7 Å². The number of benzene rings is 2. The Morgan fingerprint density at radius 2 is 1.55 bits per heavy atom. The van der Waals surface area contributed by atoms with Crippen molar-refractivity contribution in [1.29, 1.82) is 0 Å². The third-order valence-electron chi connectivity index (χ3n) is 5.98. The minimum Gasteiger partial charge on any atom is -0.324 e. The zero-order valence-electron chi connectivity index (χ0n) is 18.0. The predicted molar refractivity (Wildman–Crippen MR) is 121 cm³/mol. The van der Waals surface area contributed by atoms with Gasteiger partial charge in [-0.25, -0.2) is 13.2 Å². The molecule has 2 aromatic rings. The van der Waals surface area contributed by atoms with Gasteiger partial charge in [0.1, 0.15) is 0 Å². The lowest BCUT2D eigenvalue weighted by Gasteiger charge is -2.42. The largest absolute Gasteiger partial charge is 0.324 e. The van der Waals surface area contributed by atoms with Gasteiger partial charge in [-0.1, -0.05) is 18.2 Å². The molecule has 2 aliphatic heterocycles. The number of amides is 3. The lowest BCUT2D eigenvalue weighted by atomic mass is 10.0. The first-order valence-corrected chi connectivity index (χ1v) is 12.4. The predicted octanol–water partition coefficient (Wildman–Crippen LogP) is 3.53. The van der Waals surface area contributed by atoms with Crippen molar-refractivity contribution in [3.8, 4) is 11.1 Å². The van der Waals surface area contributed by atoms with Crippen LogP contribution in [-0.2, 0) is 14.6 Å². The number of sulfone groups is 1. The number of rotatable bonds is 2. The van der Waals surface area contributed by atoms with Crippen LogP contribution in [0.15, 0.2) is 47.4 Å². The van der Waals surface area contributed by atoms with Crippen molar-refractivity contribution in [3.63, 3.8) is 0 Å². The summed E-state index contributed by atoms with van der Waals surface area (Å²) in [5.41, 5.74) is 3.12. The van der Waals surface area contributed by atoms with Gasteiger partial charge in [-0.05, 0) is 55.2 Å². The number of hydrogen-bond acceptors (Lipinski definition) is 4. The maximum atomic E-state index is 13.3. The lowest BCUT2D eigenvalue weighted by Crippen LogP contribution is -2.54. The molecule has 2 aliphatic rings. The molecule has 31 heavy (non-hydrogen) atoms. The standard InChI is InChI=1S/C23H27N3O4S/c1-16-15-25(23(28)24-12-4-5-13-24)22-14-19(8-11-21(22)26(16)17(2)27)18-6-9-20(10-7-18)31(3,29)30/h6-11,14,16H,4-5,12-13,15H2,1-3H3/t16-/m0/s1. The van der Waals surface area contributed by atoms with Crippen molar-refractivity contribution < 1.29 is 18.0 Å². The maximum absolute atomic E-state index is 13.3. The summed E-state index contributed by atoms with van der Waals surface area (Å²) in [6.45, 7) is 5.42. The SMILES string of the molecule is CC(=O)N1c2ccc(-c3ccc(S(C)(=O)=O)cc3)cc2N(C(=O)N2CCCC2)C[C@@H]1C. The van der Waals surface area contributed by atoms with Gasteiger partial charge in [0.2, 0.25) is 5.91 Å². The second kappa shape index (κ2) is 8.00. The Hall–Kier alpha value is -2.87. The zero-order valence-corrected chi connectivity index (χ0v) is 18.9. The highest BCUT2D eigenvalue weighted by Gasteiger charge is 2.36. The van der Waals surface area contributed by atoms with Gasteiger partial charge in [0.15, 0.2) is 9.84 Å². The first kappa shape index (κ1) is 21.4. The fourth-order valence-corrected chi connectivity index (χ4v) is 5.07. The third kappa shape index (κ3) is 4.04. The quantitative estimate of drug-likeness (QED) is 0.714. The lowest BCUT2D eigenvalue weighted by molar-refractivity contribution is -0.117. The first-order valence-electron chi connectivity index (χ1n) is 10.5. The number of nitrogens with zero attached hydrogens (tertiary/aromatic N) is 3. The van der Waals surface area contributed by atoms with Gasteiger partial charge in [-0.2, -0.15) is 0 Å². The summed E-state index contributed by atoms with van der Waals surface area (Å²) < 4.78 is 23.5. The van der Waals surface area contributed by atoms with Crippen molar-refractivity contribution in [2.24, 2.45) is 0 Å². The molecule has 0 saturated carbocycles. The molecule has 2 heterocycles. The number of anilines is 2. The smallest absolute Gasteiger partial charge is 0.324 e. The van der Waals surface area contributed by atoms with Crippen LogP contribution in [0.4, 0.5) is 16.2 Å². The van der Waals surface area contributed by atoms with Crippen LogP contribution in [0.3, 0.4) is 0 Å². The van der Waals surface area contributed by atoms with Crippen molar-refractivity contribution in [1.82, 2.24) is 4.90 Å². The second-order valence-electron chi connectivity index (χ2n) is 8.33. The molecule has 7 nitrogen and oxygen atoms in total. The van der Waals surface area contributed by atoms with E-state index in [9.17, 15) is 18.0 Å². The van der Waals surface area contributed by atoms with E-state index >= 15 is 0 Å². The van der Waals surface area contributed by atoms with Crippen LogP contribution < -0.4 is 9.80 Å². The Morgan fingerprint density at radius 1 is 0.935 bits per heavy atom. The Kier molecular flexibility index (Phi) is 5.51. The summed E-state index contributed by atoms with van der Waals surface area (Å²) in [6.07, 6.45) is 3.20. The molecule has 0 N–H and O–H groups in total. The fraction of sp³-hybridized carbons (Fsp3) is 0.391. The molecule has 0 radical (unpaired) electrons. The van der Waals surface area contributed by atoms with E-state index in [1.165, 1.54) is 13.2 Å². The van der Waals surface area contributed by atoms with E-state index in [0.29, 0.717) is 12.2 Å². The molecular formula is C23H27N3O4S. The Bertz CT molecular complexity index is 1120. The van der Waals surface area contributed by atoms with E-state index in [1.807, 2.05) is 30.0 Å². The average molecular weight is 442 g/mol. The highest BCUT2D eigenvalue weighted by molar-refractivity contribution is 7.90. The minimum atomic E-state index is -3.27. The summed E-state index contributed by atoms with van der Waals surface area (Å²) in [4.78, 5) is 31.3. The van der Waals surface area contributed by atoms with E-state index in [-0.39, 0.29) is 22.9 Å². The van der Waals surface area contributed by atoms with Crippen molar-refractivity contribution >= 4 is 33.2 Å². The second-order valence-corrected chi connectivity index (χ2v) is 10.3. The maximum Gasteiger partial charge on any atom is 0.324 e. The fourth-order valence-electron chi connectivity index (χ4n) is 4.44. The van der Waals surface area contributed by atoms with Crippen LogP contribution in [0.2, 0.25) is 0 Å². The molecule has 0 aromatic heterocycles. The molecule has 3 amide bonds. The molecular weight excluding hydrogens is 414 g/mol. The Balaban J connectivity index is 1.77. The molecule has 164 valence electrons. The molecule has 1 fully saturated rings. The van der Waals surface area contributed by atoms with Gasteiger partial charge < -0.3 is 9.80 Å². The highest BCUT2D eigenvalue weighted by Crippen LogP contribution is 2.39. The van der Waals surface area contributed by atoms with Crippen LogP contribution in [0.5, 0.6) is 0 Å². The topological polar surface area (TPSA) is 78.0 Å². The molecule has 0 bridgehead atoms. The van der Waals surface area contributed by atoms with Gasteiger partial charge >= 0.3 is 6.03 Å². The van der Waals surface area contributed by atoms with Crippen LogP contribution in [-0.4, -0.2) is 57.2 Å². The van der Waals surface area contributed by atoms with Crippen LogP contribution in [0.1, 0.15) is 26.7 Å². The summed E-state index contributed by atoms with van der Waals surface area (Å²) >= 11 is 0. The van der Waals surface area contributed by atoms with Gasteiger partial charge in [-0.15, -0.1) is 0 Å².